The minimum atomic E-state index is -2.03. The molecule has 0 radical (unpaired) electrons. The average molecular weight is 275 g/mol. The van der Waals surface area contributed by atoms with Crippen LogP contribution in [-0.2, 0) is 4.79 Å². The Morgan fingerprint density at radius 3 is 2.60 bits per heavy atom. The van der Waals surface area contributed by atoms with Crippen LogP contribution in [0.4, 0.5) is 0 Å². The minimum absolute atomic E-state index is 0.0601. The molecule has 1 atom stereocenters. The summed E-state index contributed by atoms with van der Waals surface area (Å²) >= 11 is 0. The first-order chi connectivity index (χ1) is 9.40. The van der Waals surface area contributed by atoms with Gasteiger partial charge in [-0.25, -0.2) is 9.78 Å². The number of benzene rings is 1. The lowest BCUT2D eigenvalue weighted by molar-refractivity contribution is -0.155. The van der Waals surface area contributed by atoms with E-state index < -0.39 is 24.0 Å². The third-order valence-corrected chi connectivity index (χ3v) is 2.74. The number of nitrogens with one attached hydrogen (secondary N) is 1. The van der Waals surface area contributed by atoms with E-state index in [4.69, 9.17) is 5.11 Å². The van der Waals surface area contributed by atoms with Gasteiger partial charge in [0.1, 0.15) is 5.69 Å². The van der Waals surface area contributed by atoms with Gasteiger partial charge in [0.25, 0.3) is 5.91 Å². The Bertz CT molecular complexity index is 669. The van der Waals surface area contributed by atoms with Crippen molar-refractivity contribution < 1.29 is 19.8 Å². The lowest BCUT2D eigenvalue weighted by atomic mass is 10.1. The van der Waals surface area contributed by atoms with Crippen LogP contribution in [0.15, 0.2) is 30.5 Å². The molecular weight excluding hydrogens is 262 g/mol. The monoisotopic (exact) mass is 275 g/mol. The average Bonchev–Trinajstić information content (AvgIpc) is 2.44. The van der Waals surface area contributed by atoms with Crippen molar-refractivity contribution in [3.63, 3.8) is 0 Å². The quantitative estimate of drug-likeness (QED) is 0.734. The third-order valence-electron chi connectivity index (χ3n) is 2.74. The number of aliphatic carboxylic acids is 1. The maximum atomic E-state index is 11.8. The van der Waals surface area contributed by atoms with Crippen LogP contribution in [0.25, 0.3) is 11.0 Å². The van der Waals surface area contributed by atoms with Gasteiger partial charge in [-0.3, -0.25) is 9.78 Å². The van der Waals surface area contributed by atoms with E-state index in [2.05, 4.69) is 15.3 Å². The van der Waals surface area contributed by atoms with Gasteiger partial charge in [-0.15, -0.1) is 0 Å². The van der Waals surface area contributed by atoms with Gasteiger partial charge in [-0.2, -0.15) is 0 Å². The molecule has 0 saturated heterocycles. The topological polar surface area (TPSA) is 112 Å². The summed E-state index contributed by atoms with van der Waals surface area (Å²) in [6.07, 6.45) is 1.30. The van der Waals surface area contributed by atoms with Crippen LogP contribution < -0.4 is 5.32 Å². The van der Waals surface area contributed by atoms with Gasteiger partial charge in [0.2, 0.25) is 0 Å². The van der Waals surface area contributed by atoms with Crippen molar-refractivity contribution in [3.8, 4) is 0 Å². The molecule has 1 aromatic heterocycles. The van der Waals surface area contributed by atoms with Gasteiger partial charge in [0.15, 0.2) is 5.60 Å². The second-order valence-electron chi connectivity index (χ2n) is 4.51. The second kappa shape index (κ2) is 5.22. The number of carboxylic acid groups (broad SMARTS) is 1. The summed E-state index contributed by atoms with van der Waals surface area (Å²) in [4.78, 5) is 30.8. The maximum Gasteiger partial charge on any atom is 0.337 e. The highest BCUT2D eigenvalue weighted by atomic mass is 16.4. The number of carboxylic acids is 1. The predicted octanol–water partition coefficient (Wildman–Crippen LogP) is 0.195. The molecule has 0 fully saturated rings. The van der Waals surface area contributed by atoms with Crippen molar-refractivity contribution in [1.29, 1.82) is 0 Å². The van der Waals surface area contributed by atoms with Gasteiger partial charge in [0, 0.05) is 0 Å². The number of aromatic nitrogens is 2. The Hall–Kier alpha value is -2.54. The first-order valence-corrected chi connectivity index (χ1v) is 5.86. The number of carbonyl (C=O) groups is 2. The molecular formula is C13H13N3O4. The van der Waals surface area contributed by atoms with Crippen molar-refractivity contribution in [2.75, 3.05) is 6.54 Å². The number of nitrogens with zero attached hydrogens (tertiary/aromatic N) is 2. The second-order valence-corrected chi connectivity index (χ2v) is 4.51. The molecule has 7 heteroatoms. The van der Waals surface area contributed by atoms with E-state index in [-0.39, 0.29) is 5.69 Å². The molecule has 104 valence electrons. The van der Waals surface area contributed by atoms with Crippen molar-refractivity contribution in [3.05, 3.63) is 36.2 Å². The van der Waals surface area contributed by atoms with E-state index in [0.717, 1.165) is 6.92 Å². The third kappa shape index (κ3) is 2.89. The van der Waals surface area contributed by atoms with Gasteiger partial charge < -0.3 is 15.5 Å². The molecule has 1 unspecified atom stereocenters. The highest BCUT2D eigenvalue weighted by Gasteiger charge is 2.30. The number of fused-ring (bicyclic) bond motifs is 1. The molecule has 0 spiro atoms. The van der Waals surface area contributed by atoms with E-state index >= 15 is 0 Å². The summed E-state index contributed by atoms with van der Waals surface area (Å²) in [6, 6.07) is 7.06. The fourth-order valence-electron chi connectivity index (χ4n) is 1.49. The molecule has 0 saturated carbocycles. The van der Waals surface area contributed by atoms with Crippen molar-refractivity contribution in [2.45, 2.75) is 12.5 Å². The molecule has 2 aromatic rings. The van der Waals surface area contributed by atoms with E-state index in [1.54, 1.807) is 24.3 Å². The van der Waals surface area contributed by atoms with Crippen LogP contribution >= 0.6 is 0 Å². The maximum absolute atomic E-state index is 11.8. The van der Waals surface area contributed by atoms with E-state index in [0.29, 0.717) is 11.0 Å². The highest BCUT2D eigenvalue weighted by Crippen LogP contribution is 2.08. The van der Waals surface area contributed by atoms with Crippen molar-refractivity contribution in [1.82, 2.24) is 15.3 Å². The van der Waals surface area contributed by atoms with Crippen LogP contribution in [0.2, 0.25) is 0 Å². The smallest absolute Gasteiger partial charge is 0.337 e. The molecule has 0 aliphatic carbocycles. The Labute approximate surface area is 114 Å². The number of rotatable bonds is 4. The molecule has 2 rings (SSSR count). The molecule has 20 heavy (non-hydrogen) atoms. The summed E-state index contributed by atoms with van der Waals surface area (Å²) in [6.45, 7) is 0.678. The normalized spacial score (nSPS) is 13.7. The first kappa shape index (κ1) is 13.9. The lowest BCUT2D eigenvalue weighted by Crippen LogP contribution is -2.46. The van der Waals surface area contributed by atoms with Crippen LogP contribution in [0.5, 0.6) is 0 Å². The fourth-order valence-corrected chi connectivity index (χ4v) is 1.49. The van der Waals surface area contributed by atoms with Gasteiger partial charge in [-0.05, 0) is 19.1 Å². The number of para-hydroxylation sites is 2. The first-order valence-electron chi connectivity index (χ1n) is 5.86. The fraction of sp³-hybridized carbons (Fsp3) is 0.231. The summed E-state index contributed by atoms with van der Waals surface area (Å²) in [5, 5.41) is 20.6. The predicted molar refractivity (Wildman–Crippen MR) is 70.1 cm³/mol. The zero-order valence-corrected chi connectivity index (χ0v) is 10.7. The molecule has 0 bridgehead atoms. The Morgan fingerprint density at radius 2 is 1.95 bits per heavy atom. The standard InChI is InChI=1S/C13H13N3O4/c1-13(20,12(18)19)7-15-11(17)10-6-14-8-4-2-3-5-9(8)16-10/h2-6,20H,7H2,1H3,(H,15,17)(H,18,19). The van der Waals surface area contributed by atoms with Crippen molar-refractivity contribution >= 4 is 22.9 Å². The zero-order chi connectivity index (χ0) is 14.8. The number of amides is 1. The van der Waals surface area contributed by atoms with Crippen LogP contribution in [-0.4, -0.2) is 44.2 Å². The zero-order valence-electron chi connectivity index (χ0n) is 10.7. The minimum Gasteiger partial charge on any atom is -0.479 e. The van der Waals surface area contributed by atoms with Crippen LogP contribution in [0.3, 0.4) is 0 Å². The van der Waals surface area contributed by atoms with E-state index in [1.807, 2.05) is 0 Å². The molecule has 1 heterocycles. The number of aliphatic hydroxyl groups is 1. The van der Waals surface area contributed by atoms with Crippen LogP contribution in [0, 0.1) is 0 Å². The summed E-state index contributed by atoms with van der Waals surface area (Å²) in [7, 11) is 0. The highest BCUT2D eigenvalue weighted by molar-refractivity contribution is 5.94. The van der Waals surface area contributed by atoms with Gasteiger partial charge >= 0.3 is 5.97 Å². The largest absolute Gasteiger partial charge is 0.479 e. The number of hydrogen-bond donors (Lipinski definition) is 3. The van der Waals surface area contributed by atoms with Crippen LogP contribution in [0.1, 0.15) is 17.4 Å². The van der Waals surface area contributed by atoms with E-state index in [9.17, 15) is 14.7 Å². The van der Waals surface area contributed by atoms with E-state index in [1.165, 1.54) is 6.20 Å². The number of carbonyl (C=O) groups excluding carboxylic acids is 1. The molecule has 0 aliphatic rings. The molecule has 1 aromatic carbocycles. The Kier molecular flexibility index (Phi) is 3.62. The summed E-state index contributed by atoms with van der Waals surface area (Å²) in [5.74, 6) is -2.01. The summed E-state index contributed by atoms with van der Waals surface area (Å²) < 4.78 is 0. The lowest BCUT2D eigenvalue weighted by Gasteiger charge is -2.17. The number of hydrogen-bond acceptors (Lipinski definition) is 5. The Balaban J connectivity index is 2.14. The van der Waals surface area contributed by atoms with Gasteiger partial charge in [-0.1, -0.05) is 12.1 Å². The molecule has 7 nitrogen and oxygen atoms in total. The SMILES string of the molecule is CC(O)(CNC(=O)c1cnc2ccccc2n1)C(=O)O. The molecule has 1 amide bonds. The molecule has 3 N–H and O–H groups in total. The molecule has 0 aliphatic heterocycles. The van der Waals surface area contributed by atoms with Gasteiger partial charge in [0.05, 0.1) is 23.8 Å². The summed E-state index contributed by atoms with van der Waals surface area (Å²) in [5.41, 5.74) is -0.753. The Morgan fingerprint density at radius 1 is 1.30 bits per heavy atom. The van der Waals surface area contributed by atoms with Crippen molar-refractivity contribution in [2.24, 2.45) is 0 Å².